The molecule has 0 heterocycles. The van der Waals surface area contributed by atoms with Crippen molar-refractivity contribution in [3.05, 3.63) is 82.0 Å². The number of hydrogen-bond donors (Lipinski definition) is 1. The molecular weight excluding hydrogens is 431 g/mol. The Labute approximate surface area is 193 Å². The van der Waals surface area contributed by atoms with Gasteiger partial charge in [0.25, 0.3) is 0 Å². The van der Waals surface area contributed by atoms with Crippen molar-refractivity contribution in [3.8, 4) is 0 Å². The van der Waals surface area contributed by atoms with Crippen LogP contribution in [-0.2, 0) is 9.53 Å². The molecule has 1 unspecified atom stereocenters. The number of carbonyl (C=O) groups excluding carboxylic acids is 1. The Morgan fingerprint density at radius 2 is 1.77 bits per heavy atom. The normalized spacial score (nSPS) is 18.5. The van der Waals surface area contributed by atoms with Gasteiger partial charge in [-0.3, -0.25) is 9.79 Å². The molecule has 0 bridgehead atoms. The molecule has 0 aromatic heterocycles. The third-order valence-electron chi connectivity index (χ3n) is 5.63. The zero-order chi connectivity index (χ0) is 22.4. The van der Waals surface area contributed by atoms with Crippen LogP contribution in [0, 0.1) is 11.3 Å². The summed E-state index contributed by atoms with van der Waals surface area (Å²) in [6, 6.07) is 17.2. The van der Waals surface area contributed by atoms with Gasteiger partial charge in [0.05, 0.1) is 23.2 Å². The maximum Gasteiger partial charge on any atom is 0.311 e. The van der Waals surface area contributed by atoms with Crippen LogP contribution in [0.3, 0.4) is 0 Å². The highest BCUT2D eigenvalue weighted by Crippen LogP contribution is 2.44. The first-order valence-corrected chi connectivity index (χ1v) is 10.8. The molecule has 162 valence electrons. The number of esters is 1. The molecule has 0 saturated carbocycles. The first-order valence-electron chi connectivity index (χ1n) is 10.1. The highest BCUT2D eigenvalue weighted by Gasteiger charge is 2.41. The molecule has 1 atom stereocenters. The summed E-state index contributed by atoms with van der Waals surface area (Å²) in [7, 11) is 1.42. The van der Waals surface area contributed by atoms with Crippen molar-refractivity contribution in [2.24, 2.45) is 16.3 Å². The first-order chi connectivity index (χ1) is 14.8. The van der Waals surface area contributed by atoms with E-state index >= 15 is 0 Å². The predicted octanol–water partition coefficient (Wildman–Crippen LogP) is 7.14. The van der Waals surface area contributed by atoms with Crippen molar-refractivity contribution in [1.82, 2.24) is 0 Å². The molecule has 0 radical (unpaired) electrons. The fourth-order valence-electron chi connectivity index (χ4n) is 3.57. The zero-order valence-electron chi connectivity index (χ0n) is 17.9. The molecule has 3 rings (SSSR count). The van der Waals surface area contributed by atoms with Crippen molar-refractivity contribution in [2.75, 3.05) is 12.4 Å². The average molecular weight is 457 g/mol. The molecule has 4 nitrogen and oxygen atoms in total. The molecule has 31 heavy (non-hydrogen) atoms. The van der Waals surface area contributed by atoms with E-state index in [-0.39, 0.29) is 11.9 Å². The Morgan fingerprint density at radius 1 is 1.10 bits per heavy atom. The lowest BCUT2D eigenvalue weighted by Crippen LogP contribution is -2.36. The van der Waals surface area contributed by atoms with Gasteiger partial charge < -0.3 is 10.1 Å². The number of ether oxygens (including phenoxy) is 1. The number of methoxy groups -OCH3 is 1. The van der Waals surface area contributed by atoms with Gasteiger partial charge in [0, 0.05) is 23.1 Å². The van der Waals surface area contributed by atoms with Crippen LogP contribution >= 0.6 is 23.2 Å². The van der Waals surface area contributed by atoms with E-state index in [0.29, 0.717) is 28.6 Å². The number of allylic oxidation sites excluding steroid dienone is 3. The molecule has 6 heteroatoms. The monoisotopic (exact) mass is 456 g/mol. The van der Waals surface area contributed by atoms with Crippen molar-refractivity contribution in [2.45, 2.75) is 26.7 Å². The molecule has 2 aromatic rings. The second-order valence-electron chi connectivity index (χ2n) is 8.05. The number of carbonyl (C=O) groups is 1. The SMILES string of the molecule is COC(=O)C(C)(C)C1CC(C=Nc2ccccc2Cl)=C(Cl)/C(=C/Nc2ccccc2)C1. The summed E-state index contributed by atoms with van der Waals surface area (Å²) in [5.41, 5.74) is 2.72. The Morgan fingerprint density at radius 3 is 2.45 bits per heavy atom. The molecule has 0 spiro atoms. The highest BCUT2D eigenvalue weighted by molar-refractivity contribution is 6.34. The van der Waals surface area contributed by atoms with E-state index in [9.17, 15) is 4.79 Å². The van der Waals surface area contributed by atoms with Gasteiger partial charge in [0.1, 0.15) is 0 Å². The lowest BCUT2D eigenvalue weighted by atomic mass is 9.70. The second kappa shape index (κ2) is 10.2. The van der Waals surface area contributed by atoms with E-state index in [4.69, 9.17) is 27.9 Å². The minimum Gasteiger partial charge on any atom is -0.469 e. The van der Waals surface area contributed by atoms with Gasteiger partial charge in [-0.1, -0.05) is 53.5 Å². The molecule has 2 aromatic carbocycles. The van der Waals surface area contributed by atoms with Gasteiger partial charge in [-0.15, -0.1) is 0 Å². The summed E-state index contributed by atoms with van der Waals surface area (Å²) in [6.07, 6.45) is 4.90. The lowest BCUT2D eigenvalue weighted by Gasteiger charge is -2.36. The number of rotatable bonds is 6. The minimum atomic E-state index is -0.679. The standard InChI is InChI=1S/C25H26Cl2N2O2/c1-25(2,24(30)31-3)19-13-17(15-28-20-9-5-4-6-10-20)23(27)18(14-19)16-29-22-12-8-7-11-21(22)26/h4-12,15-16,19,28H,13-14H2,1-3H3/b17-15+,29-16?. The molecule has 0 aliphatic heterocycles. The van der Waals surface area contributed by atoms with E-state index in [2.05, 4.69) is 10.3 Å². The molecule has 0 amide bonds. The van der Waals surface area contributed by atoms with Gasteiger partial charge in [-0.25, -0.2) is 0 Å². The van der Waals surface area contributed by atoms with Crippen LogP contribution in [0.5, 0.6) is 0 Å². The smallest absolute Gasteiger partial charge is 0.311 e. The maximum atomic E-state index is 12.5. The first kappa shape index (κ1) is 23.1. The summed E-state index contributed by atoms with van der Waals surface area (Å²) in [6.45, 7) is 3.82. The molecule has 1 aliphatic rings. The molecule has 0 fully saturated rings. The van der Waals surface area contributed by atoms with Gasteiger partial charge in [0.15, 0.2) is 0 Å². The number of nitrogens with one attached hydrogen (secondary N) is 1. The summed E-state index contributed by atoms with van der Waals surface area (Å²) in [4.78, 5) is 17.0. The van der Waals surface area contributed by atoms with Crippen molar-refractivity contribution >= 4 is 46.8 Å². The Balaban J connectivity index is 1.96. The van der Waals surface area contributed by atoms with Gasteiger partial charge in [0.2, 0.25) is 0 Å². The maximum absolute atomic E-state index is 12.5. The summed E-state index contributed by atoms with van der Waals surface area (Å²) in [5, 5.41) is 4.51. The predicted molar refractivity (Wildman–Crippen MR) is 129 cm³/mol. The largest absolute Gasteiger partial charge is 0.469 e. The summed E-state index contributed by atoms with van der Waals surface area (Å²) >= 11 is 13.0. The average Bonchev–Trinajstić information content (AvgIpc) is 2.78. The second-order valence-corrected chi connectivity index (χ2v) is 8.83. The number of para-hydroxylation sites is 2. The molecule has 1 N–H and O–H groups in total. The number of halogens is 2. The van der Waals surface area contributed by atoms with Crippen LogP contribution in [0.25, 0.3) is 0 Å². The summed E-state index contributed by atoms with van der Waals surface area (Å²) in [5.74, 6) is -0.243. The van der Waals surface area contributed by atoms with E-state index in [1.807, 2.05) is 68.6 Å². The van der Waals surface area contributed by atoms with Crippen LogP contribution in [0.15, 0.2) is 82.0 Å². The van der Waals surface area contributed by atoms with Crippen molar-refractivity contribution in [3.63, 3.8) is 0 Å². The van der Waals surface area contributed by atoms with E-state index in [1.165, 1.54) is 7.11 Å². The van der Waals surface area contributed by atoms with Gasteiger partial charge in [-0.05, 0) is 68.0 Å². The Bertz CT molecular complexity index is 1030. The minimum absolute atomic E-state index is 0.000955. The molecular formula is C25H26Cl2N2O2. The third kappa shape index (κ3) is 5.57. The molecule has 0 saturated heterocycles. The van der Waals surface area contributed by atoms with Gasteiger partial charge in [-0.2, -0.15) is 0 Å². The number of benzene rings is 2. The van der Waals surface area contributed by atoms with E-state index in [1.54, 1.807) is 12.3 Å². The van der Waals surface area contributed by atoms with Gasteiger partial charge >= 0.3 is 5.97 Å². The van der Waals surface area contributed by atoms with E-state index in [0.717, 1.165) is 16.8 Å². The summed E-state index contributed by atoms with van der Waals surface area (Å²) < 4.78 is 5.07. The van der Waals surface area contributed by atoms with E-state index < -0.39 is 5.41 Å². The quantitative estimate of drug-likeness (QED) is 0.371. The van der Waals surface area contributed by atoms with Crippen LogP contribution in [0.1, 0.15) is 26.7 Å². The Hall–Kier alpha value is -2.56. The zero-order valence-corrected chi connectivity index (χ0v) is 19.4. The number of hydrogen-bond acceptors (Lipinski definition) is 4. The third-order valence-corrected chi connectivity index (χ3v) is 6.43. The van der Waals surface area contributed by atoms with Crippen LogP contribution in [0.2, 0.25) is 5.02 Å². The number of nitrogens with zero attached hydrogens (tertiary/aromatic N) is 1. The highest BCUT2D eigenvalue weighted by atomic mass is 35.5. The van der Waals surface area contributed by atoms with Crippen molar-refractivity contribution < 1.29 is 9.53 Å². The Kier molecular flexibility index (Phi) is 7.58. The van der Waals surface area contributed by atoms with Crippen LogP contribution < -0.4 is 5.32 Å². The molecule has 1 aliphatic carbocycles. The van der Waals surface area contributed by atoms with Crippen LogP contribution in [-0.4, -0.2) is 19.3 Å². The number of aliphatic imine (C=N–C) groups is 1. The lowest BCUT2D eigenvalue weighted by molar-refractivity contribution is -0.154. The van der Waals surface area contributed by atoms with Crippen LogP contribution in [0.4, 0.5) is 11.4 Å². The number of anilines is 1. The fraction of sp³-hybridized carbons (Fsp3) is 0.280. The van der Waals surface area contributed by atoms with Crippen molar-refractivity contribution in [1.29, 1.82) is 0 Å². The topological polar surface area (TPSA) is 50.7 Å². The fourth-order valence-corrected chi connectivity index (χ4v) is 4.01.